The zero-order valence-electron chi connectivity index (χ0n) is 13.5. The van der Waals surface area contributed by atoms with Gasteiger partial charge >= 0.3 is 0 Å². The van der Waals surface area contributed by atoms with Gasteiger partial charge in [-0.25, -0.2) is 13.1 Å². The number of benzene rings is 2. The molecule has 3 rings (SSSR count). The van der Waals surface area contributed by atoms with Crippen molar-refractivity contribution in [2.24, 2.45) is 0 Å². The number of sulfonamides is 1. The predicted octanol–water partition coefficient (Wildman–Crippen LogP) is 1.74. The standard InChI is InChI=1S/C18H16N2O4S/c1-25(23,24)19-18(22)15-11-17(21)20(12-13-7-3-2-4-8-13)16-10-6-5-9-14(15)16/h2-11H,12H2,1H3,(H,19,22). The Kier molecular flexibility index (Phi) is 4.41. The lowest BCUT2D eigenvalue weighted by molar-refractivity contribution is 0.0983. The lowest BCUT2D eigenvalue weighted by Gasteiger charge is -2.13. The molecule has 128 valence electrons. The molecular formula is C18H16N2O4S. The summed E-state index contributed by atoms with van der Waals surface area (Å²) in [6, 6.07) is 17.6. The van der Waals surface area contributed by atoms with Crippen molar-refractivity contribution in [3.8, 4) is 0 Å². The molecule has 0 atom stereocenters. The lowest BCUT2D eigenvalue weighted by Crippen LogP contribution is -2.31. The summed E-state index contributed by atoms with van der Waals surface area (Å²) in [7, 11) is -3.72. The number of aromatic nitrogens is 1. The van der Waals surface area contributed by atoms with E-state index in [-0.39, 0.29) is 11.1 Å². The fourth-order valence-corrected chi connectivity index (χ4v) is 3.12. The second-order valence-corrected chi connectivity index (χ2v) is 7.44. The zero-order chi connectivity index (χ0) is 18.0. The molecule has 25 heavy (non-hydrogen) atoms. The first kappa shape index (κ1) is 16.9. The molecule has 0 saturated heterocycles. The van der Waals surface area contributed by atoms with Crippen LogP contribution in [0.2, 0.25) is 0 Å². The second-order valence-electron chi connectivity index (χ2n) is 5.69. The van der Waals surface area contributed by atoms with Gasteiger partial charge in [0.2, 0.25) is 10.0 Å². The van der Waals surface area contributed by atoms with Crippen LogP contribution in [0, 0.1) is 0 Å². The molecule has 0 bridgehead atoms. The van der Waals surface area contributed by atoms with Crippen LogP contribution in [-0.2, 0) is 16.6 Å². The van der Waals surface area contributed by atoms with Crippen LogP contribution in [-0.4, -0.2) is 25.1 Å². The molecule has 0 aliphatic rings. The number of carbonyl (C=O) groups excluding carboxylic acids is 1. The van der Waals surface area contributed by atoms with Gasteiger partial charge in [-0.1, -0.05) is 48.5 Å². The molecule has 0 saturated carbocycles. The van der Waals surface area contributed by atoms with E-state index in [0.717, 1.165) is 11.8 Å². The van der Waals surface area contributed by atoms with E-state index in [1.54, 1.807) is 28.8 Å². The number of hydrogen-bond donors (Lipinski definition) is 1. The third kappa shape index (κ3) is 3.77. The van der Waals surface area contributed by atoms with Crippen LogP contribution in [0.1, 0.15) is 15.9 Å². The van der Waals surface area contributed by atoms with E-state index in [1.165, 1.54) is 6.07 Å². The number of fused-ring (bicyclic) bond motifs is 1. The molecule has 0 unspecified atom stereocenters. The number of carbonyl (C=O) groups is 1. The molecule has 2 aromatic carbocycles. The Morgan fingerprint density at radius 2 is 1.68 bits per heavy atom. The van der Waals surface area contributed by atoms with Crippen LogP contribution in [0.25, 0.3) is 10.9 Å². The first-order chi connectivity index (χ1) is 11.8. The molecule has 1 aromatic heterocycles. The second kappa shape index (κ2) is 6.52. The maximum atomic E-state index is 12.6. The lowest BCUT2D eigenvalue weighted by atomic mass is 10.1. The molecule has 1 amide bonds. The van der Waals surface area contributed by atoms with Crippen LogP contribution in [0.3, 0.4) is 0 Å². The van der Waals surface area contributed by atoms with Crippen LogP contribution in [0.15, 0.2) is 65.5 Å². The van der Waals surface area contributed by atoms with E-state index in [4.69, 9.17) is 0 Å². The Hall–Kier alpha value is -2.93. The smallest absolute Gasteiger partial charge is 0.265 e. The van der Waals surface area contributed by atoms with E-state index in [9.17, 15) is 18.0 Å². The molecular weight excluding hydrogens is 340 g/mol. The third-order valence-electron chi connectivity index (χ3n) is 3.73. The van der Waals surface area contributed by atoms with Gasteiger partial charge in [0, 0.05) is 11.5 Å². The summed E-state index contributed by atoms with van der Waals surface area (Å²) in [6.07, 6.45) is 0.893. The van der Waals surface area contributed by atoms with Crippen LogP contribution in [0.4, 0.5) is 0 Å². The molecule has 0 radical (unpaired) electrons. The average molecular weight is 356 g/mol. The summed E-state index contributed by atoms with van der Waals surface area (Å²) >= 11 is 0. The van der Waals surface area contributed by atoms with Crippen LogP contribution < -0.4 is 10.3 Å². The molecule has 1 N–H and O–H groups in total. The van der Waals surface area contributed by atoms with E-state index in [2.05, 4.69) is 0 Å². The van der Waals surface area contributed by atoms with Crippen LogP contribution in [0.5, 0.6) is 0 Å². The first-order valence-electron chi connectivity index (χ1n) is 7.54. The SMILES string of the molecule is CS(=O)(=O)NC(=O)c1cc(=O)n(Cc2ccccc2)c2ccccc12. The minimum absolute atomic E-state index is 0.0373. The van der Waals surface area contributed by atoms with Crippen molar-refractivity contribution >= 4 is 26.8 Å². The monoisotopic (exact) mass is 356 g/mol. The van der Waals surface area contributed by atoms with Crippen molar-refractivity contribution in [1.82, 2.24) is 9.29 Å². The predicted molar refractivity (Wildman–Crippen MR) is 96.1 cm³/mol. The quantitative estimate of drug-likeness (QED) is 0.772. The average Bonchev–Trinajstić information content (AvgIpc) is 2.56. The molecule has 0 aliphatic heterocycles. The zero-order valence-corrected chi connectivity index (χ0v) is 14.3. The van der Waals surface area contributed by atoms with E-state index in [0.29, 0.717) is 17.4 Å². The highest BCUT2D eigenvalue weighted by atomic mass is 32.2. The van der Waals surface area contributed by atoms with Crippen LogP contribution >= 0.6 is 0 Å². The number of nitrogens with zero attached hydrogens (tertiary/aromatic N) is 1. The summed E-state index contributed by atoms with van der Waals surface area (Å²) in [5, 5.41) is 0.513. The third-order valence-corrected chi connectivity index (χ3v) is 4.28. The Balaban J connectivity index is 2.16. The summed E-state index contributed by atoms with van der Waals surface area (Å²) < 4.78 is 26.1. The highest BCUT2D eigenvalue weighted by molar-refractivity contribution is 7.89. The number of pyridine rings is 1. The van der Waals surface area contributed by atoms with Gasteiger partial charge in [-0.3, -0.25) is 9.59 Å². The Bertz CT molecular complexity index is 1100. The summed E-state index contributed by atoms with van der Waals surface area (Å²) in [4.78, 5) is 24.8. The van der Waals surface area contributed by atoms with E-state index < -0.39 is 15.9 Å². The molecule has 0 aliphatic carbocycles. The van der Waals surface area contributed by atoms with E-state index >= 15 is 0 Å². The van der Waals surface area contributed by atoms with Crippen molar-refractivity contribution in [3.63, 3.8) is 0 Å². The summed E-state index contributed by atoms with van der Waals surface area (Å²) in [6.45, 7) is 0.355. The largest absolute Gasteiger partial charge is 0.304 e. The first-order valence-corrected chi connectivity index (χ1v) is 9.43. The van der Waals surface area contributed by atoms with Gasteiger partial charge in [-0.05, 0) is 11.6 Å². The Morgan fingerprint density at radius 1 is 1.04 bits per heavy atom. The molecule has 0 spiro atoms. The minimum atomic E-state index is -3.72. The van der Waals surface area contributed by atoms with Gasteiger partial charge in [0.1, 0.15) is 0 Å². The van der Waals surface area contributed by atoms with Gasteiger partial charge in [0.05, 0.1) is 23.9 Å². The van der Waals surface area contributed by atoms with Crippen molar-refractivity contribution in [3.05, 3.63) is 82.1 Å². The van der Waals surface area contributed by atoms with Crippen molar-refractivity contribution < 1.29 is 13.2 Å². The summed E-state index contributed by atoms with van der Waals surface area (Å²) in [5.74, 6) is -0.817. The van der Waals surface area contributed by atoms with Gasteiger partial charge in [0.25, 0.3) is 11.5 Å². The highest BCUT2D eigenvalue weighted by Crippen LogP contribution is 2.18. The molecule has 0 fully saturated rings. The maximum Gasteiger partial charge on any atom is 0.265 e. The minimum Gasteiger partial charge on any atom is -0.304 e. The Morgan fingerprint density at radius 3 is 2.36 bits per heavy atom. The van der Waals surface area contributed by atoms with Crippen molar-refractivity contribution in [1.29, 1.82) is 0 Å². The van der Waals surface area contributed by atoms with Gasteiger partial charge < -0.3 is 4.57 Å². The maximum absolute atomic E-state index is 12.6. The van der Waals surface area contributed by atoms with Gasteiger partial charge in [0.15, 0.2) is 0 Å². The fourth-order valence-electron chi connectivity index (χ4n) is 2.67. The fraction of sp³-hybridized carbons (Fsp3) is 0.111. The highest BCUT2D eigenvalue weighted by Gasteiger charge is 2.17. The number of hydrogen-bond acceptors (Lipinski definition) is 4. The molecule has 3 aromatic rings. The topological polar surface area (TPSA) is 85.2 Å². The molecule has 1 heterocycles. The number of amides is 1. The van der Waals surface area contributed by atoms with Gasteiger partial charge in [-0.15, -0.1) is 0 Å². The Labute approximate surface area is 144 Å². The molecule has 6 nitrogen and oxygen atoms in total. The molecule has 7 heteroatoms. The number of rotatable bonds is 4. The van der Waals surface area contributed by atoms with E-state index in [1.807, 2.05) is 35.1 Å². The number of para-hydroxylation sites is 1. The number of nitrogens with one attached hydrogen (secondary N) is 1. The van der Waals surface area contributed by atoms with Crippen molar-refractivity contribution in [2.45, 2.75) is 6.54 Å². The van der Waals surface area contributed by atoms with Gasteiger partial charge in [-0.2, -0.15) is 0 Å². The van der Waals surface area contributed by atoms with Crippen molar-refractivity contribution in [2.75, 3.05) is 6.26 Å². The normalized spacial score (nSPS) is 11.4. The summed E-state index contributed by atoms with van der Waals surface area (Å²) in [5.41, 5.74) is 1.18.